The molecule has 1 aliphatic rings. The lowest BCUT2D eigenvalue weighted by atomic mass is 9.86. The molecule has 1 aliphatic heterocycles. The second kappa shape index (κ2) is 23.0. The molecule has 0 aromatic carbocycles. The molecule has 0 saturated carbocycles. The third-order valence-electron chi connectivity index (χ3n) is 8.85. The van der Waals surface area contributed by atoms with Crippen LogP contribution < -0.4 is 5.32 Å². The van der Waals surface area contributed by atoms with Gasteiger partial charge in [-0.25, -0.2) is 0 Å². The highest BCUT2D eigenvalue weighted by Crippen LogP contribution is 2.57. The van der Waals surface area contributed by atoms with Crippen LogP contribution in [0.3, 0.4) is 0 Å². The Labute approximate surface area is 274 Å². The Morgan fingerprint density at radius 2 is 1.58 bits per heavy atom. The van der Waals surface area contributed by atoms with Crippen LogP contribution >= 0.6 is 10.0 Å². The van der Waals surface area contributed by atoms with Gasteiger partial charge in [0.25, 0.3) is 0 Å². The number of unbranched alkanes of at least 4 members (excludes halogenated alkanes) is 3. The highest BCUT2D eigenvalue weighted by molar-refractivity contribution is 8.33. The number of nitrogens with one attached hydrogen (secondary N) is 2. The lowest BCUT2D eigenvalue weighted by molar-refractivity contribution is -0.132. The minimum absolute atomic E-state index is 0.0617. The van der Waals surface area contributed by atoms with Crippen molar-refractivity contribution in [1.82, 2.24) is 9.88 Å². The fourth-order valence-electron chi connectivity index (χ4n) is 6.31. The third-order valence-corrected chi connectivity index (χ3v) is 13.2. The Kier molecular flexibility index (Phi) is 22.3. The van der Waals surface area contributed by atoms with Crippen molar-refractivity contribution in [2.45, 2.75) is 148 Å². The van der Waals surface area contributed by atoms with Gasteiger partial charge in [0, 0.05) is 41.7 Å². The minimum Gasteiger partial charge on any atom is -0.389 e. The van der Waals surface area contributed by atoms with Crippen LogP contribution in [0.15, 0.2) is 17.3 Å². The molecule has 0 radical (unpaired) electrons. The van der Waals surface area contributed by atoms with Crippen molar-refractivity contribution in [3.05, 3.63) is 17.8 Å². The van der Waals surface area contributed by atoms with Crippen molar-refractivity contribution in [3.8, 4) is 0 Å². The van der Waals surface area contributed by atoms with Crippen LogP contribution in [0.2, 0.25) is 0 Å². The SMILES string of the molecule is CC.CCCCS(CCCC)(CCCC)c1cc(NCC(O)C2(CC)CCCN2CCC)c(C(=N)CCC(F)(F)F)cn1.CF. The molecule has 0 aliphatic carbocycles. The van der Waals surface area contributed by atoms with E-state index in [1.165, 1.54) is 0 Å². The molecule has 45 heavy (non-hydrogen) atoms. The average Bonchev–Trinajstić information content (AvgIpc) is 3.47. The van der Waals surface area contributed by atoms with Crippen molar-refractivity contribution in [2.75, 3.05) is 49.4 Å². The fraction of sp³-hybridized carbons (Fsp3) is 0.829. The summed E-state index contributed by atoms with van der Waals surface area (Å²) in [6.07, 6.45) is 5.83. The van der Waals surface area contributed by atoms with E-state index in [0.29, 0.717) is 18.4 Å². The summed E-state index contributed by atoms with van der Waals surface area (Å²) in [5.74, 6) is 3.32. The molecule has 0 bridgehead atoms. The summed E-state index contributed by atoms with van der Waals surface area (Å²) < 4.78 is 48.7. The largest absolute Gasteiger partial charge is 0.389 e. The number of aliphatic hydroxyl groups is 1. The molecule has 0 spiro atoms. The minimum atomic E-state index is -4.32. The zero-order valence-corrected chi connectivity index (χ0v) is 30.5. The van der Waals surface area contributed by atoms with E-state index in [2.05, 4.69) is 44.8 Å². The Balaban J connectivity index is 0.00000464. The molecule has 1 saturated heterocycles. The molecule has 2 unspecified atom stereocenters. The molecular weight excluding hydrogens is 600 g/mol. The van der Waals surface area contributed by atoms with Crippen molar-refractivity contribution in [2.24, 2.45) is 0 Å². The lowest BCUT2D eigenvalue weighted by Gasteiger charge is -2.42. The molecule has 1 aromatic heterocycles. The van der Waals surface area contributed by atoms with Gasteiger partial charge in [0.2, 0.25) is 0 Å². The van der Waals surface area contributed by atoms with Gasteiger partial charge in [-0.1, -0.05) is 67.7 Å². The number of halogens is 4. The number of aromatic nitrogens is 1. The van der Waals surface area contributed by atoms with E-state index < -0.39 is 28.7 Å². The van der Waals surface area contributed by atoms with Crippen LogP contribution in [0.25, 0.3) is 0 Å². The topological polar surface area (TPSA) is 72.2 Å². The van der Waals surface area contributed by atoms with Crippen LogP contribution in [0.5, 0.6) is 0 Å². The van der Waals surface area contributed by atoms with Gasteiger partial charge in [-0.15, -0.1) is 0 Å². The van der Waals surface area contributed by atoms with Crippen molar-refractivity contribution in [1.29, 1.82) is 5.41 Å². The number of rotatable bonds is 20. The van der Waals surface area contributed by atoms with Crippen LogP contribution in [0, 0.1) is 5.41 Å². The van der Waals surface area contributed by atoms with Crippen molar-refractivity contribution >= 4 is 21.4 Å². The Bertz CT molecular complexity index is 912. The van der Waals surface area contributed by atoms with Crippen LogP contribution in [-0.4, -0.2) is 82.6 Å². The molecule has 3 N–H and O–H groups in total. The number of aliphatic hydroxyl groups excluding tert-OH is 1. The number of anilines is 1. The summed E-state index contributed by atoms with van der Waals surface area (Å²) in [5.41, 5.74) is 0.700. The number of pyridine rings is 1. The zero-order chi connectivity index (χ0) is 34.5. The maximum Gasteiger partial charge on any atom is 0.389 e. The van der Waals surface area contributed by atoms with Gasteiger partial charge in [0.05, 0.1) is 18.3 Å². The van der Waals surface area contributed by atoms with Gasteiger partial charge in [-0.05, 0) is 87.8 Å². The summed E-state index contributed by atoms with van der Waals surface area (Å²) in [6.45, 7) is 17.1. The van der Waals surface area contributed by atoms with E-state index in [9.17, 15) is 22.7 Å². The highest BCUT2D eigenvalue weighted by atomic mass is 32.3. The molecule has 266 valence electrons. The van der Waals surface area contributed by atoms with Gasteiger partial charge in [0.15, 0.2) is 0 Å². The standard InChI is InChI=1S/C32H57F3N4OS.C2H6.CH3F/c1-6-11-20-41(21-12-7-2,22-13-8-3)30-23-28(26(24-38-30)27(36)15-17-32(33,34)35)37-25-29(40)31(10-5)16-14-19-39(31)18-9-4;2*1-2/h23-24,29,36,40H,6-22,25H2,1-5H3,(H,37,38);1-2H3;1H3. The first-order valence-corrected chi connectivity index (χ1v) is 19.6. The first kappa shape index (κ1) is 43.6. The molecule has 2 atom stereocenters. The maximum atomic E-state index is 13.1. The smallest absolute Gasteiger partial charge is 0.389 e. The molecule has 1 fully saturated rings. The summed E-state index contributed by atoms with van der Waals surface area (Å²) in [5, 5.41) is 24.6. The Hall–Kier alpha value is -1.39. The van der Waals surface area contributed by atoms with E-state index in [1.54, 1.807) is 6.20 Å². The Morgan fingerprint density at radius 3 is 2.04 bits per heavy atom. The monoisotopic (exact) mass is 666 g/mol. The third kappa shape index (κ3) is 13.3. The molecule has 2 rings (SSSR count). The zero-order valence-electron chi connectivity index (χ0n) is 29.7. The maximum absolute atomic E-state index is 13.1. The van der Waals surface area contributed by atoms with E-state index in [4.69, 9.17) is 10.4 Å². The summed E-state index contributed by atoms with van der Waals surface area (Å²) in [7, 11) is -0.722. The first-order chi connectivity index (χ1) is 21.5. The van der Waals surface area contributed by atoms with Gasteiger partial charge in [-0.2, -0.15) is 23.2 Å². The predicted octanol–water partition coefficient (Wildman–Crippen LogP) is 10.4. The Morgan fingerprint density at radius 1 is 1.02 bits per heavy atom. The van der Waals surface area contributed by atoms with Gasteiger partial charge < -0.3 is 15.8 Å². The predicted molar refractivity (Wildman–Crippen MR) is 189 cm³/mol. The molecular formula is C35H66F4N4OS. The van der Waals surface area contributed by atoms with Crippen LogP contribution in [0.1, 0.15) is 131 Å². The molecule has 2 heterocycles. The van der Waals surface area contributed by atoms with Crippen LogP contribution in [-0.2, 0) is 0 Å². The molecule has 10 heteroatoms. The second-order valence-corrected chi connectivity index (χ2v) is 15.6. The van der Waals surface area contributed by atoms with Gasteiger partial charge in [0.1, 0.15) is 0 Å². The van der Waals surface area contributed by atoms with Crippen molar-refractivity contribution < 1.29 is 22.7 Å². The summed E-state index contributed by atoms with van der Waals surface area (Å²) in [6, 6.07) is 2.04. The second-order valence-electron chi connectivity index (χ2n) is 11.8. The lowest BCUT2D eigenvalue weighted by Crippen LogP contribution is -2.55. The number of likely N-dealkylation sites (tertiary alicyclic amines) is 1. The number of hydrogen-bond acceptors (Lipinski definition) is 5. The summed E-state index contributed by atoms with van der Waals surface area (Å²) in [4.78, 5) is 7.33. The number of alkyl halides is 4. The van der Waals surface area contributed by atoms with Crippen molar-refractivity contribution in [3.63, 3.8) is 0 Å². The van der Waals surface area contributed by atoms with E-state index in [1.807, 2.05) is 19.9 Å². The van der Waals surface area contributed by atoms with Gasteiger partial charge in [-0.3, -0.25) is 14.3 Å². The van der Waals surface area contributed by atoms with Crippen LogP contribution in [0.4, 0.5) is 23.2 Å². The average molecular weight is 667 g/mol. The van der Waals surface area contributed by atoms with E-state index in [-0.39, 0.29) is 24.2 Å². The first-order valence-electron chi connectivity index (χ1n) is 17.5. The molecule has 0 amide bonds. The summed E-state index contributed by atoms with van der Waals surface area (Å²) >= 11 is 0. The van der Waals surface area contributed by atoms with Gasteiger partial charge >= 0.3 is 6.18 Å². The van der Waals surface area contributed by atoms with E-state index >= 15 is 0 Å². The number of hydrogen-bond donors (Lipinski definition) is 3. The molecule has 1 aromatic rings. The van der Waals surface area contributed by atoms with E-state index in [0.717, 1.165) is 99.6 Å². The highest BCUT2D eigenvalue weighted by Gasteiger charge is 2.44. The number of nitrogens with zero attached hydrogens (tertiary/aromatic N) is 2. The fourth-order valence-corrected chi connectivity index (χ4v) is 10.7. The molecule has 5 nitrogen and oxygen atoms in total. The quantitative estimate of drug-likeness (QED) is 0.0957. The normalized spacial score (nSPS) is 18.0.